The highest BCUT2D eigenvalue weighted by molar-refractivity contribution is 7.20. The van der Waals surface area contributed by atoms with E-state index in [1.165, 1.54) is 11.3 Å². The van der Waals surface area contributed by atoms with Gasteiger partial charge in [-0.15, -0.1) is 11.3 Å². The smallest absolute Gasteiger partial charge is 0.263 e. The number of likely N-dealkylation sites (tertiary alicyclic amines) is 1. The predicted octanol–water partition coefficient (Wildman–Crippen LogP) is 2.51. The van der Waals surface area contributed by atoms with Crippen LogP contribution in [0.5, 0.6) is 5.75 Å². The summed E-state index contributed by atoms with van der Waals surface area (Å²) in [7, 11) is 1.64. The largest absolute Gasteiger partial charge is 0.497 e. The molecule has 3 rings (SSSR count). The quantitative estimate of drug-likeness (QED) is 0.925. The van der Waals surface area contributed by atoms with E-state index in [4.69, 9.17) is 4.74 Å². The third kappa shape index (κ3) is 2.51. The van der Waals surface area contributed by atoms with Crippen molar-refractivity contribution in [3.05, 3.63) is 29.1 Å². The summed E-state index contributed by atoms with van der Waals surface area (Å²) in [5, 5.41) is 10.6. The van der Waals surface area contributed by atoms with Crippen molar-refractivity contribution in [2.45, 2.75) is 18.9 Å². The van der Waals surface area contributed by atoms with Crippen LogP contribution in [0.4, 0.5) is 0 Å². The number of methoxy groups -OCH3 is 1. The molecule has 1 aromatic carbocycles. The summed E-state index contributed by atoms with van der Waals surface area (Å²) < 4.78 is 6.26. The van der Waals surface area contributed by atoms with Gasteiger partial charge in [0.05, 0.1) is 18.1 Å². The zero-order valence-corrected chi connectivity index (χ0v) is 12.2. The number of amides is 1. The molecular formula is C15H17NO3S. The van der Waals surface area contributed by atoms with Crippen LogP contribution in [0, 0.1) is 0 Å². The third-order valence-corrected chi connectivity index (χ3v) is 4.78. The summed E-state index contributed by atoms with van der Waals surface area (Å²) in [6, 6.07) is 7.77. The molecule has 0 bridgehead atoms. The van der Waals surface area contributed by atoms with Gasteiger partial charge in [-0.1, -0.05) is 0 Å². The van der Waals surface area contributed by atoms with Crippen LogP contribution in [0.15, 0.2) is 24.3 Å². The third-order valence-electron chi connectivity index (χ3n) is 3.69. The lowest BCUT2D eigenvalue weighted by molar-refractivity contribution is 0.0551. The van der Waals surface area contributed by atoms with Crippen LogP contribution < -0.4 is 4.74 Å². The number of aliphatic hydroxyl groups excluding tert-OH is 1. The number of hydrogen-bond donors (Lipinski definition) is 1. The molecule has 1 aliphatic heterocycles. The molecule has 1 fully saturated rings. The summed E-state index contributed by atoms with van der Waals surface area (Å²) in [6.45, 7) is 1.27. The van der Waals surface area contributed by atoms with E-state index >= 15 is 0 Å². The summed E-state index contributed by atoms with van der Waals surface area (Å²) in [4.78, 5) is 15.0. The van der Waals surface area contributed by atoms with Crippen LogP contribution in [-0.2, 0) is 0 Å². The molecule has 0 spiro atoms. The Hall–Kier alpha value is -1.59. The first-order chi connectivity index (χ1) is 9.67. The van der Waals surface area contributed by atoms with E-state index in [2.05, 4.69) is 0 Å². The average molecular weight is 291 g/mol. The maximum Gasteiger partial charge on any atom is 0.263 e. The van der Waals surface area contributed by atoms with Crippen LogP contribution >= 0.6 is 11.3 Å². The number of nitrogens with zero attached hydrogens (tertiary/aromatic N) is 1. The molecule has 20 heavy (non-hydrogen) atoms. The van der Waals surface area contributed by atoms with Gasteiger partial charge in [0.2, 0.25) is 0 Å². The zero-order valence-electron chi connectivity index (χ0n) is 11.3. The SMILES string of the molecule is COc1ccc2cc(C(=O)N3CCC(O)CC3)sc2c1. The molecule has 0 radical (unpaired) electrons. The molecule has 0 saturated carbocycles. The number of piperidine rings is 1. The number of rotatable bonds is 2. The summed E-state index contributed by atoms with van der Waals surface area (Å²) in [5.74, 6) is 0.872. The van der Waals surface area contributed by atoms with E-state index in [9.17, 15) is 9.90 Å². The Morgan fingerprint density at radius 1 is 1.35 bits per heavy atom. The molecule has 0 aliphatic carbocycles. The molecule has 1 amide bonds. The second-order valence-corrected chi connectivity index (χ2v) is 6.12. The summed E-state index contributed by atoms with van der Waals surface area (Å²) >= 11 is 1.50. The van der Waals surface area contributed by atoms with E-state index in [-0.39, 0.29) is 12.0 Å². The molecule has 2 aromatic rings. The monoisotopic (exact) mass is 291 g/mol. The standard InChI is InChI=1S/C15H17NO3S/c1-19-12-3-2-10-8-14(20-13(10)9-12)15(18)16-6-4-11(17)5-7-16/h2-3,8-9,11,17H,4-7H2,1H3. The molecule has 2 heterocycles. The van der Waals surface area contributed by atoms with E-state index < -0.39 is 0 Å². The molecule has 4 nitrogen and oxygen atoms in total. The maximum atomic E-state index is 12.5. The van der Waals surface area contributed by atoms with Gasteiger partial charge in [-0.3, -0.25) is 4.79 Å². The van der Waals surface area contributed by atoms with Crippen LogP contribution in [0.1, 0.15) is 22.5 Å². The number of benzene rings is 1. The molecule has 106 valence electrons. The Morgan fingerprint density at radius 2 is 2.10 bits per heavy atom. The minimum Gasteiger partial charge on any atom is -0.497 e. The van der Waals surface area contributed by atoms with Crippen LogP contribution in [0.3, 0.4) is 0 Å². The van der Waals surface area contributed by atoms with E-state index in [0.717, 1.165) is 20.7 Å². The molecule has 1 N–H and O–H groups in total. The highest BCUT2D eigenvalue weighted by Gasteiger charge is 2.23. The number of carbonyl (C=O) groups is 1. The summed E-state index contributed by atoms with van der Waals surface area (Å²) in [6.07, 6.45) is 1.08. The fourth-order valence-corrected chi connectivity index (χ4v) is 3.53. The average Bonchev–Trinajstić information content (AvgIpc) is 2.90. The normalized spacial score (nSPS) is 16.6. The van der Waals surface area contributed by atoms with Crippen molar-refractivity contribution < 1.29 is 14.6 Å². The fourth-order valence-electron chi connectivity index (χ4n) is 2.47. The van der Waals surface area contributed by atoms with Crippen LogP contribution in [-0.4, -0.2) is 42.2 Å². The lowest BCUT2D eigenvalue weighted by atomic mass is 10.1. The Balaban J connectivity index is 1.84. The first-order valence-electron chi connectivity index (χ1n) is 6.72. The highest BCUT2D eigenvalue weighted by atomic mass is 32.1. The van der Waals surface area contributed by atoms with Gasteiger partial charge in [-0.25, -0.2) is 0 Å². The second kappa shape index (κ2) is 5.42. The number of carbonyl (C=O) groups excluding carboxylic acids is 1. The lowest BCUT2D eigenvalue weighted by Crippen LogP contribution is -2.39. The van der Waals surface area contributed by atoms with Crippen LogP contribution in [0.2, 0.25) is 0 Å². The predicted molar refractivity (Wildman–Crippen MR) is 79.5 cm³/mol. The van der Waals surface area contributed by atoms with Crippen molar-refractivity contribution >= 4 is 27.3 Å². The highest BCUT2D eigenvalue weighted by Crippen LogP contribution is 2.30. The van der Waals surface area contributed by atoms with Gasteiger partial charge in [0.25, 0.3) is 5.91 Å². The van der Waals surface area contributed by atoms with Crippen molar-refractivity contribution in [2.75, 3.05) is 20.2 Å². The van der Waals surface area contributed by atoms with Gasteiger partial charge in [-0.2, -0.15) is 0 Å². The number of hydrogen-bond acceptors (Lipinski definition) is 4. The number of ether oxygens (including phenoxy) is 1. The van der Waals surface area contributed by atoms with E-state index in [1.807, 2.05) is 29.2 Å². The number of fused-ring (bicyclic) bond motifs is 1. The molecule has 1 saturated heterocycles. The van der Waals surface area contributed by atoms with Gasteiger partial charge < -0.3 is 14.7 Å². The maximum absolute atomic E-state index is 12.5. The minimum absolute atomic E-state index is 0.0667. The van der Waals surface area contributed by atoms with Crippen molar-refractivity contribution in [1.82, 2.24) is 4.90 Å². The molecule has 1 aromatic heterocycles. The van der Waals surface area contributed by atoms with Gasteiger partial charge in [0.1, 0.15) is 5.75 Å². The first kappa shape index (κ1) is 13.4. The molecule has 1 aliphatic rings. The lowest BCUT2D eigenvalue weighted by Gasteiger charge is -2.29. The molecule has 5 heteroatoms. The molecule has 0 unspecified atom stereocenters. The Kier molecular flexibility index (Phi) is 3.63. The number of thiophene rings is 1. The first-order valence-corrected chi connectivity index (χ1v) is 7.54. The Labute approximate surface area is 121 Å². The van der Waals surface area contributed by atoms with Gasteiger partial charge in [0, 0.05) is 17.8 Å². The second-order valence-electron chi connectivity index (χ2n) is 5.04. The van der Waals surface area contributed by atoms with Crippen molar-refractivity contribution in [3.8, 4) is 5.75 Å². The Bertz CT molecular complexity index is 629. The minimum atomic E-state index is -0.259. The zero-order chi connectivity index (χ0) is 14.1. The van der Waals surface area contributed by atoms with E-state index in [1.54, 1.807) is 7.11 Å². The van der Waals surface area contributed by atoms with Crippen LogP contribution in [0.25, 0.3) is 10.1 Å². The topological polar surface area (TPSA) is 49.8 Å². The van der Waals surface area contributed by atoms with Gasteiger partial charge in [0.15, 0.2) is 0 Å². The van der Waals surface area contributed by atoms with Gasteiger partial charge in [-0.05, 0) is 42.5 Å². The molecule has 0 atom stereocenters. The van der Waals surface area contributed by atoms with Gasteiger partial charge >= 0.3 is 0 Å². The number of aliphatic hydroxyl groups is 1. The van der Waals surface area contributed by atoms with Crippen molar-refractivity contribution in [3.63, 3.8) is 0 Å². The fraction of sp³-hybridized carbons (Fsp3) is 0.400. The van der Waals surface area contributed by atoms with Crippen molar-refractivity contribution in [1.29, 1.82) is 0 Å². The molecular weight excluding hydrogens is 274 g/mol. The van der Waals surface area contributed by atoms with E-state index in [0.29, 0.717) is 25.9 Å². The Morgan fingerprint density at radius 3 is 2.80 bits per heavy atom. The summed E-state index contributed by atoms with van der Waals surface area (Å²) in [5.41, 5.74) is 0. The van der Waals surface area contributed by atoms with Crippen molar-refractivity contribution in [2.24, 2.45) is 0 Å².